The van der Waals surface area contributed by atoms with Crippen LogP contribution in [0, 0.1) is 5.92 Å². The first-order valence-electron chi connectivity index (χ1n) is 5.10. The maximum Gasteiger partial charge on any atom is 0.0837 e. The molecule has 0 spiro atoms. The molecular weight excluding hydrogens is 168 g/mol. The molecule has 2 aliphatic heterocycles. The van der Waals surface area contributed by atoms with Crippen molar-refractivity contribution in [3.8, 4) is 0 Å². The summed E-state index contributed by atoms with van der Waals surface area (Å²) in [6, 6.07) is 0. The van der Waals surface area contributed by atoms with Crippen molar-refractivity contribution >= 4 is 0 Å². The number of hydrogen-bond acceptors (Lipinski definition) is 3. The van der Waals surface area contributed by atoms with Crippen molar-refractivity contribution in [1.29, 1.82) is 0 Å². The minimum absolute atomic E-state index is 0.317. The molecule has 2 fully saturated rings. The van der Waals surface area contributed by atoms with Crippen LogP contribution in [0.3, 0.4) is 0 Å². The number of ether oxygens (including phenoxy) is 2. The highest BCUT2D eigenvalue weighted by atomic mass is 16.6. The van der Waals surface area contributed by atoms with Crippen molar-refractivity contribution in [3.63, 3.8) is 0 Å². The third-order valence-electron chi connectivity index (χ3n) is 3.14. The fourth-order valence-electron chi connectivity index (χ4n) is 2.13. The van der Waals surface area contributed by atoms with Gasteiger partial charge in [-0.3, -0.25) is 0 Å². The Kier molecular flexibility index (Phi) is 2.58. The Balaban J connectivity index is 1.86. The fraction of sp³-hybridized carbons (Fsp3) is 1.00. The predicted molar refractivity (Wildman–Crippen MR) is 48.5 cm³/mol. The zero-order valence-electron chi connectivity index (χ0n) is 8.16. The van der Waals surface area contributed by atoms with Gasteiger partial charge in [0.05, 0.1) is 18.3 Å². The molecule has 0 aliphatic carbocycles. The summed E-state index contributed by atoms with van der Waals surface area (Å²) >= 11 is 0. The van der Waals surface area contributed by atoms with E-state index in [0.717, 1.165) is 39.1 Å². The van der Waals surface area contributed by atoms with Crippen LogP contribution in [0.15, 0.2) is 0 Å². The number of hydrogen-bond donors (Lipinski definition) is 1. The van der Waals surface area contributed by atoms with Crippen molar-refractivity contribution in [2.24, 2.45) is 5.92 Å². The highest BCUT2D eigenvalue weighted by Gasteiger charge is 2.39. The molecule has 1 N–H and O–H groups in total. The Bertz CT molecular complexity index is 169. The van der Waals surface area contributed by atoms with Gasteiger partial charge >= 0.3 is 0 Å². The maximum absolute atomic E-state index is 10.2. The van der Waals surface area contributed by atoms with Crippen molar-refractivity contribution in [1.82, 2.24) is 0 Å². The molecule has 2 unspecified atom stereocenters. The second-order valence-electron chi connectivity index (χ2n) is 4.40. The highest BCUT2D eigenvalue weighted by molar-refractivity contribution is 4.89. The first-order chi connectivity index (χ1) is 6.18. The lowest BCUT2D eigenvalue weighted by Gasteiger charge is -2.35. The van der Waals surface area contributed by atoms with Gasteiger partial charge in [-0.15, -0.1) is 0 Å². The monoisotopic (exact) mass is 186 g/mol. The maximum atomic E-state index is 10.2. The van der Waals surface area contributed by atoms with Crippen molar-refractivity contribution in [3.05, 3.63) is 0 Å². The summed E-state index contributed by atoms with van der Waals surface area (Å²) < 4.78 is 10.4. The summed E-state index contributed by atoms with van der Waals surface area (Å²) in [6.07, 6.45) is 3.08. The van der Waals surface area contributed by atoms with Gasteiger partial charge in [0, 0.05) is 19.6 Å². The number of aliphatic hydroxyl groups is 1. The standard InChI is InChI=1S/C10H18O3/c1-10(11,6-9-7-13-9)8-2-4-12-5-3-8/h8-9,11H,2-7H2,1H3. The summed E-state index contributed by atoms with van der Waals surface area (Å²) in [5.41, 5.74) is -0.551. The smallest absolute Gasteiger partial charge is 0.0837 e. The van der Waals surface area contributed by atoms with Crippen LogP contribution in [0.1, 0.15) is 26.2 Å². The molecule has 3 heteroatoms. The topological polar surface area (TPSA) is 42.0 Å². The van der Waals surface area contributed by atoms with E-state index in [1.165, 1.54) is 0 Å². The second kappa shape index (κ2) is 3.56. The Morgan fingerprint density at radius 2 is 2.00 bits per heavy atom. The molecule has 2 aliphatic rings. The molecule has 3 nitrogen and oxygen atoms in total. The summed E-state index contributed by atoms with van der Waals surface area (Å²) in [7, 11) is 0. The minimum atomic E-state index is -0.551. The molecule has 0 saturated carbocycles. The Labute approximate surface area is 79.0 Å². The van der Waals surface area contributed by atoms with Crippen LogP contribution in [0.4, 0.5) is 0 Å². The lowest BCUT2D eigenvalue weighted by molar-refractivity contribution is -0.0615. The average Bonchev–Trinajstić information content (AvgIpc) is 2.89. The molecule has 0 aromatic heterocycles. The van der Waals surface area contributed by atoms with Crippen molar-refractivity contribution < 1.29 is 14.6 Å². The SMILES string of the molecule is CC(O)(CC1CO1)C1CCOCC1. The summed E-state index contributed by atoms with van der Waals surface area (Å²) in [4.78, 5) is 0. The van der Waals surface area contributed by atoms with Crippen LogP contribution in [0.25, 0.3) is 0 Å². The van der Waals surface area contributed by atoms with Gasteiger partial charge in [-0.05, 0) is 25.7 Å². The largest absolute Gasteiger partial charge is 0.390 e. The molecule has 2 heterocycles. The van der Waals surface area contributed by atoms with Gasteiger partial charge in [0.15, 0.2) is 0 Å². The molecule has 0 aromatic carbocycles. The van der Waals surface area contributed by atoms with Crippen LogP contribution in [-0.2, 0) is 9.47 Å². The minimum Gasteiger partial charge on any atom is -0.390 e. The third kappa shape index (κ3) is 2.42. The van der Waals surface area contributed by atoms with Crippen molar-refractivity contribution in [2.75, 3.05) is 19.8 Å². The molecule has 13 heavy (non-hydrogen) atoms. The van der Waals surface area contributed by atoms with E-state index >= 15 is 0 Å². The van der Waals surface area contributed by atoms with E-state index in [2.05, 4.69) is 0 Å². The van der Waals surface area contributed by atoms with Gasteiger partial charge in [0.2, 0.25) is 0 Å². The van der Waals surface area contributed by atoms with Gasteiger partial charge < -0.3 is 14.6 Å². The molecular formula is C10H18O3. The number of epoxide rings is 1. The van der Waals surface area contributed by atoms with E-state index in [4.69, 9.17) is 9.47 Å². The molecule has 2 rings (SSSR count). The third-order valence-corrected chi connectivity index (χ3v) is 3.14. The summed E-state index contributed by atoms with van der Waals surface area (Å²) in [5, 5.41) is 10.2. The first-order valence-corrected chi connectivity index (χ1v) is 5.10. The number of rotatable bonds is 3. The Morgan fingerprint density at radius 1 is 1.38 bits per heavy atom. The molecule has 0 amide bonds. The molecule has 0 radical (unpaired) electrons. The fourth-order valence-corrected chi connectivity index (χ4v) is 2.13. The molecule has 0 bridgehead atoms. The van der Waals surface area contributed by atoms with Gasteiger partial charge in [-0.1, -0.05) is 0 Å². The van der Waals surface area contributed by atoms with E-state index < -0.39 is 5.60 Å². The zero-order chi connectivity index (χ0) is 9.31. The van der Waals surface area contributed by atoms with E-state index in [0.29, 0.717) is 12.0 Å². The van der Waals surface area contributed by atoms with Gasteiger partial charge in [-0.25, -0.2) is 0 Å². The normalized spacial score (nSPS) is 34.2. The van der Waals surface area contributed by atoms with Crippen LogP contribution >= 0.6 is 0 Å². The van der Waals surface area contributed by atoms with E-state index in [-0.39, 0.29) is 0 Å². The zero-order valence-corrected chi connectivity index (χ0v) is 8.16. The predicted octanol–water partition coefficient (Wildman–Crippen LogP) is 0.953. The van der Waals surface area contributed by atoms with Gasteiger partial charge in [0.1, 0.15) is 0 Å². The average molecular weight is 186 g/mol. The molecule has 0 aromatic rings. The second-order valence-corrected chi connectivity index (χ2v) is 4.40. The van der Waals surface area contributed by atoms with Crippen LogP contribution < -0.4 is 0 Å². The van der Waals surface area contributed by atoms with Crippen LogP contribution in [0.5, 0.6) is 0 Å². The highest BCUT2D eigenvalue weighted by Crippen LogP contribution is 2.33. The molecule has 2 saturated heterocycles. The van der Waals surface area contributed by atoms with Crippen LogP contribution in [0.2, 0.25) is 0 Å². The summed E-state index contributed by atoms with van der Waals surface area (Å²) in [5.74, 6) is 0.394. The van der Waals surface area contributed by atoms with E-state index in [1.54, 1.807) is 0 Å². The quantitative estimate of drug-likeness (QED) is 0.667. The molecule has 2 atom stereocenters. The Morgan fingerprint density at radius 3 is 2.54 bits per heavy atom. The van der Waals surface area contributed by atoms with Crippen molar-refractivity contribution in [2.45, 2.75) is 37.9 Å². The molecule has 76 valence electrons. The van der Waals surface area contributed by atoms with E-state index in [1.807, 2.05) is 6.92 Å². The Hall–Kier alpha value is -0.120. The summed E-state index contributed by atoms with van der Waals surface area (Å²) in [6.45, 7) is 4.36. The van der Waals surface area contributed by atoms with Gasteiger partial charge in [-0.2, -0.15) is 0 Å². The van der Waals surface area contributed by atoms with Gasteiger partial charge in [0.25, 0.3) is 0 Å². The van der Waals surface area contributed by atoms with Crippen LogP contribution in [-0.4, -0.2) is 36.6 Å². The first kappa shape index (κ1) is 9.44. The lowest BCUT2D eigenvalue weighted by Crippen LogP contribution is -2.39. The van der Waals surface area contributed by atoms with E-state index in [9.17, 15) is 5.11 Å². The lowest BCUT2D eigenvalue weighted by atomic mass is 9.80.